The van der Waals surface area contributed by atoms with Gasteiger partial charge in [-0.05, 0) is 32.1 Å². The van der Waals surface area contributed by atoms with Crippen LogP contribution >= 0.6 is 0 Å². The molecule has 4 nitrogen and oxygen atoms in total. The average Bonchev–Trinajstić information content (AvgIpc) is 2.52. The fraction of sp³-hybridized carbons (Fsp3) is 0.818. The third kappa shape index (κ3) is 1.34. The predicted octanol–water partition coefficient (Wildman–Crippen LogP) is 1.58. The van der Waals surface area contributed by atoms with Crippen molar-refractivity contribution in [1.82, 2.24) is 0 Å². The lowest BCUT2D eigenvalue weighted by atomic mass is 9.69. The number of aliphatic carboxylic acids is 1. The van der Waals surface area contributed by atoms with E-state index in [1.54, 1.807) is 0 Å². The quantitative estimate of drug-likeness (QED) is 0.706. The van der Waals surface area contributed by atoms with Crippen molar-refractivity contribution in [3.8, 4) is 0 Å². The van der Waals surface area contributed by atoms with E-state index < -0.39 is 16.8 Å². The number of carbonyl (C=O) groups is 2. The molecule has 2 atom stereocenters. The number of fused-ring (bicyclic) bond motifs is 2. The van der Waals surface area contributed by atoms with E-state index in [1.165, 1.54) is 7.11 Å². The number of ether oxygens (including phenoxy) is 1. The minimum absolute atomic E-state index is 0.217. The Morgan fingerprint density at radius 1 is 1.13 bits per heavy atom. The molecule has 0 spiro atoms. The van der Waals surface area contributed by atoms with Gasteiger partial charge in [-0.1, -0.05) is 6.42 Å². The molecule has 0 radical (unpaired) electrons. The molecule has 2 aliphatic rings. The van der Waals surface area contributed by atoms with E-state index in [0.29, 0.717) is 25.7 Å². The van der Waals surface area contributed by atoms with Crippen LogP contribution in [0.3, 0.4) is 0 Å². The molecule has 0 aromatic carbocycles. The van der Waals surface area contributed by atoms with Crippen LogP contribution in [0, 0.1) is 10.8 Å². The van der Waals surface area contributed by atoms with E-state index in [-0.39, 0.29) is 5.97 Å². The second kappa shape index (κ2) is 3.22. The molecule has 2 rings (SSSR count). The van der Waals surface area contributed by atoms with E-state index in [4.69, 9.17) is 4.74 Å². The average molecular weight is 212 g/mol. The number of hydrogen-bond acceptors (Lipinski definition) is 3. The van der Waals surface area contributed by atoms with Crippen LogP contribution < -0.4 is 0 Å². The fourth-order valence-electron chi connectivity index (χ4n) is 3.28. The molecule has 0 heterocycles. The highest BCUT2D eigenvalue weighted by atomic mass is 16.5. The van der Waals surface area contributed by atoms with Crippen molar-refractivity contribution in [2.45, 2.75) is 38.5 Å². The first-order valence-corrected chi connectivity index (χ1v) is 5.37. The highest BCUT2D eigenvalue weighted by Gasteiger charge is 2.58. The summed E-state index contributed by atoms with van der Waals surface area (Å²) in [4.78, 5) is 22.9. The Hall–Kier alpha value is -1.06. The summed E-state index contributed by atoms with van der Waals surface area (Å²) in [5.74, 6) is -0.960. The van der Waals surface area contributed by atoms with Gasteiger partial charge in [-0.25, -0.2) is 0 Å². The second-order valence-corrected chi connectivity index (χ2v) is 4.89. The number of carboxylic acid groups (broad SMARTS) is 1. The van der Waals surface area contributed by atoms with Crippen molar-refractivity contribution in [3.63, 3.8) is 0 Å². The molecule has 84 valence electrons. The van der Waals surface area contributed by atoms with Gasteiger partial charge in [0.1, 0.15) is 0 Å². The molecule has 2 fully saturated rings. The lowest BCUT2D eigenvalue weighted by molar-refractivity contribution is -0.158. The molecule has 15 heavy (non-hydrogen) atoms. The predicted molar refractivity (Wildman–Crippen MR) is 52.2 cm³/mol. The first-order valence-electron chi connectivity index (χ1n) is 5.37. The molecule has 1 N–H and O–H groups in total. The highest BCUT2D eigenvalue weighted by molar-refractivity contribution is 5.82. The summed E-state index contributed by atoms with van der Waals surface area (Å²) in [7, 11) is 1.38. The number of carboxylic acids is 1. The summed E-state index contributed by atoms with van der Waals surface area (Å²) in [5, 5.41) is 9.23. The summed E-state index contributed by atoms with van der Waals surface area (Å²) < 4.78 is 4.80. The van der Waals surface area contributed by atoms with Crippen molar-refractivity contribution in [1.29, 1.82) is 0 Å². The van der Waals surface area contributed by atoms with Crippen LogP contribution in [-0.4, -0.2) is 24.2 Å². The van der Waals surface area contributed by atoms with Gasteiger partial charge in [0.05, 0.1) is 17.9 Å². The van der Waals surface area contributed by atoms with E-state index in [1.807, 2.05) is 0 Å². The molecule has 4 heteroatoms. The smallest absolute Gasteiger partial charge is 0.311 e. The molecule has 0 amide bonds. The van der Waals surface area contributed by atoms with Gasteiger partial charge in [0, 0.05) is 0 Å². The van der Waals surface area contributed by atoms with Gasteiger partial charge in [0.15, 0.2) is 0 Å². The Kier molecular flexibility index (Phi) is 2.24. The van der Waals surface area contributed by atoms with Gasteiger partial charge in [0.25, 0.3) is 0 Å². The number of methoxy groups -OCH3 is 1. The zero-order chi connectivity index (χ0) is 11.1. The molecule has 2 bridgehead atoms. The van der Waals surface area contributed by atoms with Crippen molar-refractivity contribution < 1.29 is 19.4 Å². The third-order valence-corrected chi connectivity index (χ3v) is 4.14. The zero-order valence-electron chi connectivity index (χ0n) is 8.91. The minimum Gasteiger partial charge on any atom is -0.481 e. The molecule has 2 aliphatic carbocycles. The topological polar surface area (TPSA) is 63.6 Å². The van der Waals surface area contributed by atoms with Gasteiger partial charge in [-0.3, -0.25) is 9.59 Å². The summed E-state index contributed by atoms with van der Waals surface area (Å²) in [6.45, 7) is 0. The lowest BCUT2D eigenvalue weighted by Gasteiger charge is -2.34. The molecular formula is C11H16O4. The summed E-state index contributed by atoms with van der Waals surface area (Å²) in [6, 6.07) is 0. The van der Waals surface area contributed by atoms with E-state index in [2.05, 4.69) is 0 Å². The standard InChI is InChI=1S/C11H16O4/c1-15-9(14)11-4-2-3-10(7-11,5-6-11)8(12)13/h2-7H2,1H3,(H,12,13)/t10-,11+/m1/s1. The summed E-state index contributed by atoms with van der Waals surface area (Å²) in [5.41, 5.74) is -1.14. The Morgan fingerprint density at radius 2 is 1.73 bits per heavy atom. The fourth-order valence-corrected chi connectivity index (χ4v) is 3.28. The van der Waals surface area contributed by atoms with Crippen LogP contribution in [0.15, 0.2) is 0 Å². The van der Waals surface area contributed by atoms with Crippen LogP contribution in [-0.2, 0) is 14.3 Å². The van der Waals surface area contributed by atoms with Crippen LogP contribution in [0.5, 0.6) is 0 Å². The maximum Gasteiger partial charge on any atom is 0.311 e. The highest BCUT2D eigenvalue weighted by Crippen LogP contribution is 2.59. The number of carbonyl (C=O) groups excluding carboxylic acids is 1. The van der Waals surface area contributed by atoms with Gasteiger partial charge in [-0.15, -0.1) is 0 Å². The van der Waals surface area contributed by atoms with Crippen molar-refractivity contribution in [3.05, 3.63) is 0 Å². The van der Waals surface area contributed by atoms with Crippen LogP contribution in [0.2, 0.25) is 0 Å². The zero-order valence-corrected chi connectivity index (χ0v) is 8.91. The first-order chi connectivity index (χ1) is 7.05. The van der Waals surface area contributed by atoms with Gasteiger partial charge < -0.3 is 9.84 Å². The molecule has 0 aliphatic heterocycles. The van der Waals surface area contributed by atoms with Crippen molar-refractivity contribution >= 4 is 11.9 Å². The Labute approximate surface area is 88.6 Å². The normalized spacial score (nSPS) is 38.7. The summed E-state index contributed by atoms with van der Waals surface area (Å²) in [6.07, 6.45) is 4.09. The maximum absolute atomic E-state index is 11.7. The molecule has 0 aromatic rings. The minimum atomic E-state index is -0.743. The largest absolute Gasteiger partial charge is 0.481 e. The van der Waals surface area contributed by atoms with Crippen molar-refractivity contribution in [2.75, 3.05) is 7.11 Å². The SMILES string of the molecule is COC(=O)[C@@]12CCC[C@@](C(=O)O)(CC1)C2. The van der Waals surface area contributed by atoms with Crippen LogP contribution in [0.25, 0.3) is 0 Å². The molecule has 0 saturated heterocycles. The molecule has 2 saturated carbocycles. The van der Waals surface area contributed by atoms with E-state index in [9.17, 15) is 14.7 Å². The number of rotatable bonds is 2. The maximum atomic E-state index is 11.7. The summed E-state index contributed by atoms with van der Waals surface area (Å²) >= 11 is 0. The van der Waals surface area contributed by atoms with E-state index in [0.717, 1.165) is 12.8 Å². The van der Waals surface area contributed by atoms with Gasteiger partial charge in [-0.2, -0.15) is 0 Å². The first kappa shape index (κ1) is 10.5. The molecule has 0 aromatic heterocycles. The lowest BCUT2D eigenvalue weighted by Crippen LogP contribution is -2.38. The van der Waals surface area contributed by atoms with E-state index >= 15 is 0 Å². The monoisotopic (exact) mass is 212 g/mol. The second-order valence-electron chi connectivity index (χ2n) is 4.89. The van der Waals surface area contributed by atoms with Crippen LogP contribution in [0.4, 0.5) is 0 Å². The van der Waals surface area contributed by atoms with Gasteiger partial charge in [0.2, 0.25) is 0 Å². The molecule has 0 unspecified atom stereocenters. The van der Waals surface area contributed by atoms with Crippen LogP contribution in [0.1, 0.15) is 38.5 Å². The number of hydrogen-bond donors (Lipinski definition) is 1. The Bertz CT molecular complexity index is 312. The van der Waals surface area contributed by atoms with Gasteiger partial charge >= 0.3 is 11.9 Å². The van der Waals surface area contributed by atoms with Crippen molar-refractivity contribution in [2.24, 2.45) is 10.8 Å². The molecular weight excluding hydrogens is 196 g/mol. The number of esters is 1. The Morgan fingerprint density at radius 3 is 2.33 bits per heavy atom. The third-order valence-electron chi connectivity index (χ3n) is 4.14. The Balaban J connectivity index is 2.27.